The van der Waals surface area contributed by atoms with E-state index in [1.54, 1.807) is 18.2 Å². The highest BCUT2D eigenvalue weighted by Gasteiger charge is 2.08. The molecular weight excluding hydrogens is 317 g/mol. The number of carbonyl (C=O) groups excluding carboxylic acids is 1. The lowest BCUT2D eigenvalue weighted by Crippen LogP contribution is -2.24. The zero-order chi connectivity index (χ0) is 14.4. The summed E-state index contributed by atoms with van der Waals surface area (Å²) in [4.78, 5) is 11.7. The summed E-state index contributed by atoms with van der Waals surface area (Å²) >= 11 is 4.31. The van der Waals surface area contributed by atoms with Crippen LogP contribution in [0.2, 0.25) is 0 Å². The molecule has 20 heavy (non-hydrogen) atoms. The summed E-state index contributed by atoms with van der Waals surface area (Å²) < 4.78 is 15.0. The lowest BCUT2D eigenvalue weighted by Gasteiger charge is -2.05. The van der Waals surface area contributed by atoms with Crippen molar-refractivity contribution < 1.29 is 9.18 Å². The first-order valence-electron chi connectivity index (χ1n) is 5.69. The topological polar surface area (TPSA) is 54.9 Å². The van der Waals surface area contributed by atoms with Crippen molar-refractivity contribution in [3.8, 4) is 0 Å². The van der Waals surface area contributed by atoms with Gasteiger partial charge in [-0.3, -0.25) is 4.79 Å². The molecule has 2 aromatic rings. The van der Waals surface area contributed by atoms with E-state index in [0.29, 0.717) is 5.56 Å². The van der Waals surface area contributed by atoms with Crippen molar-refractivity contribution >= 4 is 40.8 Å². The normalized spacial score (nSPS) is 10.5. The third-order valence-electron chi connectivity index (χ3n) is 2.32. The quantitative estimate of drug-likeness (QED) is 0.826. The van der Waals surface area contributed by atoms with Crippen LogP contribution in [0.15, 0.2) is 32.9 Å². The molecule has 1 aromatic carbocycles. The van der Waals surface area contributed by atoms with E-state index in [-0.39, 0.29) is 24.0 Å². The molecule has 0 fully saturated rings. The van der Waals surface area contributed by atoms with Crippen LogP contribution in [0.4, 0.5) is 4.39 Å². The van der Waals surface area contributed by atoms with Gasteiger partial charge in [-0.2, -0.15) is 0 Å². The van der Waals surface area contributed by atoms with Gasteiger partial charge in [-0.1, -0.05) is 53.1 Å². The second-order valence-electron chi connectivity index (χ2n) is 3.69. The molecule has 1 aromatic heterocycles. The van der Waals surface area contributed by atoms with Gasteiger partial charge < -0.3 is 5.32 Å². The molecule has 106 valence electrons. The summed E-state index contributed by atoms with van der Waals surface area (Å²) in [6.45, 7) is 0.193. The van der Waals surface area contributed by atoms with Crippen LogP contribution in [-0.2, 0) is 11.3 Å². The predicted octanol–water partition coefficient (Wildman–Crippen LogP) is 2.81. The largest absolute Gasteiger partial charge is 0.351 e. The third kappa shape index (κ3) is 4.46. The van der Waals surface area contributed by atoms with Gasteiger partial charge in [0.1, 0.15) is 5.82 Å². The van der Waals surface area contributed by atoms with Crippen molar-refractivity contribution in [2.24, 2.45) is 0 Å². The van der Waals surface area contributed by atoms with Crippen LogP contribution in [0.25, 0.3) is 0 Å². The zero-order valence-electron chi connectivity index (χ0n) is 10.6. The van der Waals surface area contributed by atoms with E-state index >= 15 is 0 Å². The summed E-state index contributed by atoms with van der Waals surface area (Å²) in [6, 6.07) is 6.39. The van der Waals surface area contributed by atoms with E-state index in [0.717, 1.165) is 8.68 Å². The van der Waals surface area contributed by atoms with Gasteiger partial charge in [0, 0.05) is 12.1 Å². The Morgan fingerprint density at radius 2 is 2.10 bits per heavy atom. The standard InChI is InChI=1S/C12H12FN3OS3/c1-18-11-15-16-12(20-11)19-7-10(17)14-6-8-4-2-3-5-9(8)13/h2-5H,6-7H2,1H3,(H,14,17). The molecule has 0 saturated heterocycles. The highest BCUT2D eigenvalue weighted by molar-refractivity contribution is 8.03. The Morgan fingerprint density at radius 3 is 2.80 bits per heavy atom. The lowest BCUT2D eigenvalue weighted by atomic mass is 10.2. The highest BCUT2D eigenvalue weighted by atomic mass is 32.2. The number of carbonyl (C=O) groups is 1. The maximum atomic E-state index is 13.4. The second kappa shape index (κ2) is 7.61. The van der Waals surface area contributed by atoms with Gasteiger partial charge in [0.2, 0.25) is 5.91 Å². The van der Waals surface area contributed by atoms with E-state index < -0.39 is 0 Å². The molecule has 0 bridgehead atoms. The SMILES string of the molecule is CSc1nnc(SCC(=O)NCc2ccccc2F)s1. The van der Waals surface area contributed by atoms with Crippen molar-refractivity contribution in [1.82, 2.24) is 15.5 Å². The van der Waals surface area contributed by atoms with Crippen LogP contribution in [-0.4, -0.2) is 28.1 Å². The number of benzene rings is 1. The maximum Gasteiger partial charge on any atom is 0.230 e. The van der Waals surface area contributed by atoms with Crippen LogP contribution in [0.1, 0.15) is 5.56 Å². The summed E-state index contributed by atoms with van der Waals surface area (Å²) in [5.74, 6) is -0.217. The number of thioether (sulfide) groups is 2. The molecule has 1 heterocycles. The van der Waals surface area contributed by atoms with Crippen molar-refractivity contribution in [2.45, 2.75) is 15.2 Å². The molecule has 0 unspecified atom stereocenters. The molecule has 0 aliphatic rings. The van der Waals surface area contributed by atoms with Gasteiger partial charge in [0.25, 0.3) is 0 Å². The third-order valence-corrected chi connectivity index (χ3v) is 5.36. The Labute approximate surface area is 128 Å². The number of hydrogen-bond acceptors (Lipinski definition) is 6. The summed E-state index contributed by atoms with van der Waals surface area (Å²) in [5, 5.41) is 10.6. The van der Waals surface area contributed by atoms with Crippen LogP contribution in [0.5, 0.6) is 0 Å². The van der Waals surface area contributed by atoms with Crippen LogP contribution >= 0.6 is 34.9 Å². The number of aromatic nitrogens is 2. The van der Waals surface area contributed by atoms with Crippen molar-refractivity contribution in [3.63, 3.8) is 0 Å². The molecule has 4 nitrogen and oxygen atoms in total. The summed E-state index contributed by atoms with van der Waals surface area (Å²) in [5.41, 5.74) is 0.478. The number of nitrogens with zero attached hydrogens (tertiary/aromatic N) is 2. The Balaban J connectivity index is 1.77. The first-order chi connectivity index (χ1) is 9.69. The maximum absolute atomic E-state index is 13.4. The van der Waals surface area contributed by atoms with Crippen LogP contribution in [0.3, 0.4) is 0 Å². The van der Waals surface area contributed by atoms with Gasteiger partial charge in [0.15, 0.2) is 8.68 Å². The average molecular weight is 329 g/mol. The van der Waals surface area contributed by atoms with Crippen LogP contribution in [0, 0.1) is 5.82 Å². The fraction of sp³-hybridized carbons (Fsp3) is 0.250. The molecule has 0 aliphatic carbocycles. The molecule has 0 aliphatic heterocycles. The van der Waals surface area contributed by atoms with Crippen molar-refractivity contribution in [3.05, 3.63) is 35.6 Å². The minimum absolute atomic E-state index is 0.154. The smallest absolute Gasteiger partial charge is 0.230 e. The minimum atomic E-state index is -0.311. The Bertz CT molecular complexity index is 591. The second-order valence-corrected chi connectivity index (χ2v) is 6.95. The van der Waals surface area contributed by atoms with E-state index in [9.17, 15) is 9.18 Å². The molecule has 0 saturated carbocycles. The van der Waals surface area contributed by atoms with Gasteiger partial charge in [-0.15, -0.1) is 10.2 Å². The van der Waals surface area contributed by atoms with E-state index in [4.69, 9.17) is 0 Å². The Kier molecular flexibility index (Phi) is 5.81. The van der Waals surface area contributed by atoms with Gasteiger partial charge >= 0.3 is 0 Å². The van der Waals surface area contributed by atoms with Crippen molar-refractivity contribution in [1.29, 1.82) is 0 Å². The molecule has 0 atom stereocenters. The van der Waals surface area contributed by atoms with Gasteiger partial charge in [-0.25, -0.2) is 4.39 Å². The molecule has 0 spiro atoms. The van der Waals surface area contributed by atoms with Gasteiger partial charge in [-0.05, 0) is 12.3 Å². The number of rotatable bonds is 6. The fourth-order valence-corrected chi connectivity index (χ4v) is 3.62. The number of halogens is 1. The molecule has 1 N–H and O–H groups in total. The van der Waals surface area contributed by atoms with Gasteiger partial charge in [0.05, 0.1) is 5.75 Å². The molecule has 0 radical (unpaired) electrons. The lowest BCUT2D eigenvalue weighted by molar-refractivity contribution is -0.118. The molecule has 1 amide bonds. The number of hydrogen-bond donors (Lipinski definition) is 1. The Hall–Kier alpha value is -1.12. The summed E-state index contributed by atoms with van der Waals surface area (Å²) in [6.07, 6.45) is 1.93. The monoisotopic (exact) mass is 329 g/mol. The summed E-state index contributed by atoms with van der Waals surface area (Å²) in [7, 11) is 0. The minimum Gasteiger partial charge on any atom is -0.351 e. The van der Waals surface area contributed by atoms with E-state index in [2.05, 4.69) is 15.5 Å². The number of nitrogens with one attached hydrogen (secondary N) is 1. The highest BCUT2D eigenvalue weighted by Crippen LogP contribution is 2.26. The van der Waals surface area contributed by atoms with E-state index in [1.807, 2.05) is 6.26 Å². The first kappa shape index (κ1) is 15.3. The van der Waals surface area contributed by atoms with Crippen LogP contribution < -0.4 is 5.32 Å². The zero-order valence-corrected chi connectivity index (χ0v) is 13.1. The molecular formula is C12H12FN3OS3. The van der Waals surface area contributed by atoms with Crippen molar-refractivity contribution in [2.75, 3.05) is 12.0 Å². The fourth-order valence-electron chi connectivity index (χ4n) is 1.35. The Morgan fingerprint density at radius 1 is 1.35 bits per heavy atom. The molecule has 2 rings (SSSR count). The molecule has 8 heteroatoms. The predicted molar refractivity (Wildman–Crippen MR) is 80.7 cm³/mol. The van der Waals surface area contributed by atoms with E-state index in [1.165, 1.54) is 40.9 Å². The number of amides is 1. The first-order valence-corrected chi connectivity index (χ1v) is 8.72. The average Bonchev–Trinajstić information content (AvgIpc) is 2.92.